The highest BCUT2D eigenvalue weighted by atomic mass is 35.5. The van der Waals surface area contributed by atoms with Crippen molar-refractivity contribution in [1.29, 1.82) is 0 Å². The molecule has 6 heteroatoms. The molecule has 1 aromatic heterocycles. The molecule has 0 aliphatic heterocycles. The van der Waals surface area contributed by atoms with Crippen molar-refractivity contribution in [1.82, 2.24) is 14.8 Å². The monoisotopic (exact) mass is 431 g/mol. The van der Waals surface area contributed by atoms with Crippen LogP contribution in [0.5, 0.6) is 0 Å². The summed E-state index contributed by atoms with van der Waals surface area (Å²) in [5.41, 5.74) is 3.51. The smallest absolute Gasteiger partial charge is 0.196 e. The van der Waals surface area contributed by atoms with E-state index in [-0.39, 0.29) is 5.41 Å². The fraction of sp³-hybridized carbons (Fsp3) is 0.364. The van der Waals surface area contributed by atoms with E-state index < -0.39 is 4.33 Å². The Morgan fingerprint density at radius 2 is 1.68 bits per heavy atom. The number of rotatable bonds is 5. The van der Waals surface area contributed by atoms with Gasteiger partial charge in [-0.1, -0.05) is 75.0 Å². The molecule has 0 amide bonds. The minimum Gasteiger partial charge on any atom is -0.270 e. The molecular weight excluding hydrogens is 409 g/mol. The Balaban J connectivity index is 1.69. The predicted molar refractivity (Wildman–Crippen MR) is 119 cm³/mol. The lowest BCUT2D eigenvalue weighted by Crippen LogP contribution is -2.10. The van der Waals surface area contributed by atoms with Crippen LogP contribution >= 0.6 is 35.0 Å². The second kappa shape index (κ2) is 7.40. The summed E-state index contributed by atoms with van der Waals surface area (Å²) in [6.45, 7) is 6.65. The highest BCUT2D eigenvalue weighted by Gasteiger charge is 2.51. The van der Waals surface area contributed by atoms with Crippen LogP contribution in [0.2, 0.25) is 0 Å². The Kier molecular flexibility index (Phi) is 5.24. The van der Waals surface area contributed by atoms with Crippen LogP contribution in [0.15, 0.2) is 59.8 Å². The topological polar surface area (TPSA) is 30.7 Å². The SMILES string of the molecule is CC(C)(C)c1ccc(-c2nnc(SC[C@@H]3CC3(Cl)Cl)n2-c2ccccc2)cc1. The van der Waals surface area contributed by atoms with Gasteiger partial charge >= 0.3 is 0 Å². The van der Waals surface area contributed by atoms with Crippen LogP contribution in [0.3, 0.4) is 0 Å². The average Bonchev–Trinajstić information content (AvgIpc) is 3.09. The van der Waals surface area contributed by atoms with Gasteiger partial charge < -0.3 is 0 Å². The zero-order chi connectivity index (χ0) is 19.9. The molecule has 3 nitrogen and oxygen atoms in total. The molecule has 0 spiro atoms. The molecule has 0 bridgehead atoms. The van der Waals surface area contributed by atoms with Crippen LogP contribution in [0.1, 0.15) is 32.8 Å². The van der Waals surface area contributed by atoms with E-state index in [1.807, 2.05) is 18.2 Å². The highest BCUT2D eigenvalue weighted by molar-refractivity contribution is 7.99. The van der Waals surface area contributed by atoms with Crippen molar-refractivity contribution in [2.24, 2.45) is 5.92 Å². The molecule has 1 saturated carbocycles. The molecule has 4 rings (SSSR count). The molecule has 3 aromatic rings. The summed E-state index contributed by atoms with van der Waals surface area (Å²) in [7, 11) is 0. The maximum absolute atomic E-state index is 6.19. The summed E-state index contributed by atoms with van der Waals surface area (Å²) in [5.74, 6) is 1.98. The van der Waals surface area contributed by atoms with Gasteiger partial charge in [-0.15, -0.1) is 33.4 Å². The number of alkyl halides is 2. The van der Waals surface area contributed by atoms with Crippen molar-refractivity contribution >= 4 is 35.0 Å². The number of halogens is 2. The molecule has 1 heterocycles. The Morgan fingerprint density at radius 1 is 1.04 bits per heavy atom. The van der Waals surface area contributed by atoms with Gasteiger partial charge in [0.15, 0.2) is 11.0 Å². The van der Waals surface area contributed by atoms with Crippen molar-refractivity contribution in [3.8, 4) is 17.1 Å². The third-order valence-corrected chi connectivity index (χ3v) is 7.04. The molecule has 1 fully saturated rings. The number of para-hydroxylation sites is 1. The van der Waals surface area contributed by atoms with Crippen LogP contribution in [0, 0.1) is 5.92 Å². The van der Waals surface area contributed by atoms with E-state index in [1.165, 1.54) is 5.56 Å². The van der Waals surface area contributed by atoms with Crippen LogP contribution < -0.4 is 0 Å². The zero-order valence-corrected chi connectivity index (χ0v) is 18.5. The lowest BCUT2D eigenvalue weighted by molar-refractivity contribution is 0.590. The number of nitrogens with zero attached hydrogens (tertiary/aromatic N) is 3. The normalized spacial score (nSPS) is 18.2. The Bertz CT molecular complexity index is 960. The van der Waals surface area contributed by atoms with Crippen LogP contribution in [-0.4, -0.2) is 24.9 Å². The van der Waals surface area contributed by atoms with E-state index in [4.69, 9.17) is 23.2 Å². The Labute approximate surface area is 180 Å². The minimum atomic E-state index is -0.573. The molecule has 146 valence electrons. The summed E-state index contributed by atoms with van der Waals surface area (Å²) in [6.07, 6.45) is 0.837. The fourth-order valence-corrected chi connectivity index (χ4v) is 4.99. The summed E-state index contributed by atoms with van der Waals surface area (Å²) in [5, 5.41) is 9.85. The third kappa shape index (κ3) is 4.10. The van der Waals surface area contributed by atoms with E-state index in [0.717, 1.165) is 34.4 Å². The van der Waals surface area contributed by atoms with Crippen LogP contribution in [0.4, 0.5) is 0 Å². The van der Waals surface area contributed by atoms with E-state index >= 15 is 0 Å². The maximum Gasteiger partial charge on any atom is 0.196 e. The highest BCUT2D eigenvalue weighted by Crippen LogP contribution is 2.54. The molecule has 0 unspecified atom stereocenters. The molecular formula is C22H23Cl2N3S. The van der Waals surface area contributed by atoms with Gasteiger partial charge in [0.25, 0.3) is 0 Å². The number of hydrogen-bond acceptors (Lipinski definition) is 3. The van der Waals surface area contributed by atoms with Gasteiger partial charge in [-0.2, -0.15) is 0 Å². The van der Waals surface area contributed by atoms with Crippen molar-refractivity contribution in [3.63, 3.8) is 0 Å². The first-order valence-electron chi connectivity index (χ1n) is 9.38. The van der Waals surface area contributed by atoms with Gasteiger partial charge in [0.2, 0.25) is 0 Å². The minimum absolute atomic E-state index is 0.118. The summed E-state index contributed by atoms with van der Waals surface area (Å²) in [6, 6.07) is 18.8. The molecule has 0 radical (unpaired) electrons. The van der Waals surface area contributed by atoms with Crippen LogP contribution in [-0.2, 0) is 5.41 Å². The molecule has 0 saturated heterocycles. The lowest BCUT2D eigenvalue weighted by atomic mass is 9.87. The van der Waals surface area contributed by atoms with Crippen molar-refractivity contribution in [2.45, 2.75) is 42.1 Å². The molecule has 1 aliphatic rings. The second-order valence-electron chi connectivity index (χ2n) is 8.28. The van der Waals surface area contributed by atoms with E-state index in [9.17, 15) is 0 Å². The standard InChI is InChI=1S/C22H23Cl2N3S/c1-21(2,3)16-11-9-15(10-12-16)19-25-26-20(28-14-17-13-22(17,23)24)27(19)18-7-5-4-6-8-18/h4-12,17H,13-14H2,1-3H3/t17-/m0/s1. The first kappa shape index (κ1) is 19.8. The summed E-state index contributed by atoms with van der Waals surface area (Å²) < 4.78 is 1.54. The van der Waals surface area contributed by atoms with Crippen molar-refractivity contribution in [3.05, 3.63) is 60.2 Å². The quantitative estimate of drug-likeness (QED) is 0.340. The maximum atomic E-state index is 6.19. The van der Waals surface area contributed by atoms with Crippen LogP contribution in [0.25, 0.3) is 17.1 Å². The molecule has 1 atom stereocenters. The lowest BCUT2D eigenvalue weighted by Gasteiger charge is -2.19. The van der Waals surface area contributed by atoms with Gasteiger partial charge in [0.05, 0.1) is 0 Å². The first-order valence-corrected chi connectivity index (χ1v) is 11.1. The number of thioether (sulfide) groups is 1. The number of aromatic nitrogens is 3. The van der Waals surface area contributed by atoms with Gasteiger partial charge in [-0.3, -0.25) is 4.57 Å². The largest absolute Gasteiger partial charge is 0.270 e. The van der Waals surface area contributed by atoms with Gasteiger partial charge in [0.1, 0.15) is 4.33 Å². The molecule has 1 aliphatic carbocycles. The van der Waals surface area contributed by atoms with Gasteiger partial charge in [-0.05, 0) is 29.5 Å². The summed E-state index contributed by atoms with van der Waals surface area (Å²) in [4.78, 5) is 0. The average molecular weight is 432 g/mol. The van der Waals surface area contributed by atoms with Crippen molar-refractivity contribution in [2.75, 3.05) is 5.75 Å². The Morgan fingerprint density at radius 3 is 2.25 bits per heavy atom. The summed E-state index contributed by atoms with van der Waals surface area (Å²) >= 11 is 14.0. The van der Waals surface area contributed by atoms with E-state index in [1.54, 1.807) is 11.8 Å². The van der Waals surface area contributed by atoms with E-state index in [2.05, 4.69) is 71.9 Å². The number of hydrogen-bond donors (Lipinski definition) is 0. The zero-order valence-electron chi connectivity index (χ0n) is 16.2. The second-order valence-corrected chi connectivity index (χ2v) is 10.8. The Hall–Kier alpha value is -1.49. The van der Waals surface area contributed by atoms with Gasteiger partial charge in [-0.25, -0.2) is 0 Å². The molecule has 2 aromatic carbocycles. The fourth-order valence-electron chi connectivity index (χ4n) is 3.11. The third-order valence-electron chi connectivity index (χ3n) is 5.03. The number of benzene rings is 2. The van der Waals surface area contributed by atoms with E-state index in [0.29, 0.717) is 5.92 Å². The molecule has 0 N–H and O–H groups in total. The molecule has 28 heavy (non-hydrogen) atoms. The van der Waals surface area contributed by atoms with Crippen molar-refractivity contribution < 1.29 is 0 Å². The van der Waals surface area contributed by atoms with Gasteiger partial charge in [0, 0.05) is 22.9 Å². The first-order chi connectivity index (χ1) is 13.3. The predicted octanol–water partition coefficient (Wildman–Crippen LogP) is 6.52.